The standard InChI is InChI=1S/C3H11BN2/c1-2(5)3(4)6/h2-3H,4-6H2,1H3. The highest BCUT2D eigenvalue weighted by molar-refractivity contribution is 6.12. The van der Waals surface area contributed by atoms with Gasteiger partial charge in [-0.1, -0.05) is 0 Å². The number of rotatable bonds is 1. The molecule has 0 bridgehead atoms. The lowest BCUT2D eigenvalue weighted by atomic mass is 9.92. The molecule has 0 radical (unpaired) electrons. The minimum Gasteiger partial charge on any atom is -0.334 e. The van der Waals surface area contributed by atoms with Crippen LogP contribution in [0.4, 0.5) is 0 Å². The van der Waals surface area contributed by atoms with E-state index in [4.69, 9.17) is 11.5 Å². The zero-order chi connectivity index (χ0) is 5.15. The van der Waals surface area contributed by atoms with Crippen LogP contribution in [0.3, 0.4) is 0 Å². The van der Waals surface area contributed by atoms with Crippen LogP contribution in [0.15, 0.2) is 0 Å². The van der Waals surface area contributed by atoms with Crippen molar-refractivity contribution < 1.29 is 0 Å². The van der Waals surface area contributed by atoms with Crippen LogP contribution in [-0.4, -0.2) is 19.8 Å². The van der Waals surface area contributed by atoms with Gasteiger partial charge in [0.2, 0.25) is 0 Å². The van der Waals surface area contributed by atoms with E-state index in [0.29, 0.717) is 0 Å². The predicted molar refractivity (Wildman–Crippen MR) is 30.2 cm³/mol. The van der Waals surface area contributed by atoms with E-state index < -0.39 is 0 Å². The summed E-state index contributed by atoms with van der Waals surface area (Å²) in [7, 11) is 1.89. The molecule has 0 aliphatic rings. The molecule has 0 aliphatic carbocycles. The van der Waals surface area contributed by atoms with Gasteiger partial charge in [-0.2, -0.15) is 0 Å². The first-order valence-electron chi connectivity index (χ1n) is 2.15. The molecule has 2 unspecified atom stereocenters. The first-order chi connectivity index (χ1) is 2.64. The van der Waals surface area contributed by atoms with Gasteiger partial charge in [0.25, 0.3) is 0 Å². The van der Waals surface area contributed by atoms with Crippen molar-refractivity contribution in [1.29, 1.82) is 0 Å². The maximum Gasteiger partial charge on any atom is 0.125 e. The summed E-state index contributed by atoms with van der Waals surface area (Å²) in [4.78, 5) is 0. The van der Waals surface area contributed by atoms with E-state index in [0.717, 1.165) is 0 Å². The molecule has 0 spiro atoms. The van der Waals surface area contributed by atoms with E-state index in [1.54, 1.807) is 0 Å². The van der Waals surface area contributed by atoms with Crippen molar-refractivity contribution in [2.45, 2.75) is 18.9 Å². The van der Waals surface area contributed by atoms with Gasteiger partial charge in [-0.15, -0.1) is 0 Å². The van der Waals surface area contributed by atoms with Crippen molar-refractivity contribution in [3.05, 3.63) is 0 Å². The summed E-state index contributed by atoms with van der Waals surface area (Å²) < 4.78 is 0. The van der Waals surface area contributed by atoms with E-state index in [1.807, 2.05) is 14.8 Å². The topological polar surface area (TPSA) is 52.0 Å². The molecule has 0 heterocycles. The molecule has 0 saturated carbocycles. The Morgan fingerprint density at radius 2 is 1.67 bits per heavy atom. The Balaban J connectivity index is 2.99. The summed E-state index contributed by atoms with van der Waals surface area (Å²) in [6.45, 7) is 1.89. The Morgan fingerprint density at radius 1 is 1.50 bits per heavy atom. The normalized spacial score (nSPS) is 19.8. The van der Waals surface area contributed by atoms with Gasteiger partial charge in [-0.25, -0.2) is 0 Å². The van der Waals surface area contributed by atoms with Gasteiger partial charge in [-0.3, -0.25) is 0 Å². The van der Waals surface area contributed by atoms with Crippen LogP contribution < -0.4 is 11.5 Å². The van der Waals surface area contributed by atoms with Crippen LogP contribution in [0.2, 0.25) is 0 Å². The second-order valence-corrected chi connectivity index (χ2v) is 1.72. The van der Waals surface area contributed by atoms with Crippen LogP contribution in [-0.2, 0) is 0 Å². The molecule has 0 aliphatic heterocycles. The highest BCUT2D eigenvalue weighted by Crippen LogP contribution is 1.72. The van der Waals surface area contributed by atoms with Crippen molar-refractivity contribution >= 4 is 7.85 Å². The van der Waals surface area contributed by atoms with Gasteiger partial charge in [-0.05, 0) is 12.9 Å². The summed E-state index contributed by atoms with van der Waals surface area (Å²) >= 11 is 0. The fourth-order valence-corrected chi connectivity index (χ4v) is 0. The van der Waals surface area contributed by atoms with Gasteiger partial charge in [0.05, 0.1) is 0 Å². The van der Waals surface area contributed by atoms with E-state index in [-0.39, 0.29) is 12.0 Å². The molecule has 0 aromatic rings. The quantitative estimate of drug-likeness (QED) is 0.372. The number of hydrogen-bond donors (Lipinski definition) is 2. The van der Waals surface area contributed by atoms with E-state index in [2.05, 4.69) is 0 Å². The predicted octanol–water partition coefficient (Wildman–Crippen LogP) is -1.75. The molecule has 0 saturated heterocycles. The van der Waals surface area contributed by atoms with Gasteiger partial charge < -0.3 is 11.5 Å². The molecule has 2 atom stereocenters. The maximum atomic E-state index is 5.31. The summed E-state index contributed by atoms with van der Waals surface area (Å²) in [5.74, 6) is 0.130. The molecule has 3 heteroatoms. The highest BCUT2D eigenvalue weighted by Gasteiger charge is 1.96. The molecular formula is C3H11BN2. The third-order valence-electron chi connectivity index (χ3n) is 0.829. The number of nitrogens with two attached hydrogens (primary N) is 2. The molecule has 4 N–H and O–H groups in total. The van der Waals surface area contributed by atoms with Crippen molar-refractivity contribution in [1.82, 2.24) is 0 Å². The lowest BCUT2D eigenvalue weighted by Crippen LogP contribution is -2.38. The zero-order valence-electron chi connectivity index (χ0n) is 4.31. The van der Waals surface area contributed by atoms with E-state index in [1.165, 1.54) is 0 Å². The lowest BCUT2D eigenvalue weighted by molar-refractivity contribution is 0.700. The van der Waals surface area contributed by atoms with Gasteiger partial charge in [0.15, 0.2) is 0 Å². The molecule has 0 fully saturated rings. The second kappa shape index (κ2) is 2.21. The summed E-state index contributed by atoms with van der Waals surface area (Å²) in [5, 5.41) is 0. The van der Waals surface area contributed by atoms with Gasteiger partial charge in [0, 0.05) is 6.04 Å². The Kier molecular flexibility index (Phi) is 2.20. The van der Waals surface area contributed by atoms with Crippen LogP contribution in [0.25, 0.3) is 0 Å². The minimum absolute atomic E-state index is 0.130. The monoisotopic (exact) mass is 86.1 g/mol. The van der Waals surface area contributed by atoms with Crippen molar-refractivity contribution in [3.8, 4) is 0 Å². The maximum absolute atomic E-state index is 5.31. The van der Waals surface area contributed by atoms with Crippen molar-refractivity contribution in [3.63, 3.8) is 0 Å². The average Bonchev–Trinajstić information content (AvgIpc) is 1.36. The third kappa shape index (κ3) is 2.24. The smallest absolute Gasteiger partial charge is 0.125 e. The fraction of sp³-hybridized carbons (Fsp3) is 1.00. The van der Waals surface area contributed by atoms with Gasteiger partial charge >= 0.3 is 0 Å². The van der Waals surface area contributed by atoms with Crippen LogP contribution in [0, 0.1) is 0 Å². The minimum atomic E-state index is 0.130. The molecule has 2 nitrogen and oxygen atoms in total. The first kappa shape index (κ1) is 5.98. The summed E-state index contributed by atoms with van der Waals surface area (Å²) in [5.41, 5.74) is 10.6. The van der Waals surface area contributed by atoms with Crippen LogP contribution >= 0.6 is 0 Å². The Labute approximate surface area is 39.3 Å². The zero-order valence-corrected chi connectivity index (χ0v) is 4.31. The van der Waals surface area contributed by atoms with Crippen LogP contribution in [0.1, 0.15) is 6.92 Å². The molecule has 0 aromatic carbocycles. The average molecular weight is 85.9 g/mol. The van der Waals surface area contributed by atoms with E-state index in [9.17, 15) is 0 Å². The van der Waals surface area contributed by atoms with Crippen LogP contribution in [0.5, 0.6) is 0 Å². The molecule has 0 amide bonds. The second-order valence-electron chi connectivity index (χ2n) is 1.72. The molecule has 0 aromatic heterocycles. The number of hydrogen-bond acceptors (Lipinski definition) is 2. The van der Waals surface area contributed by atoms with Crippen molar-refractivity contribution in [2.24, 2.45) is 11.5 Å². The highest BCUT2D eigenvalue weighted by atomic mass is 14.7. The molecular weight excluding hydrogens is 74.9 g/mol. The van der Waals surface area contributed by atoms with Crippen molar-refractivity contribution in [2.75, 3.05) is 0 Å². The SMILES string of the molecule is BC(N)C(C)N. The Hall–Kier alpha value is -0.0151. The Morgan fingerprint density at radius 3 is 1.67 bits per heavy atom. The first-order valence-corrected chi connectivity index (χ1v) is 2.15. The molecule has 0 rings (SSSR count). The largest absolute Gasteiger partial charge is 0.334 e. The summed E-state index contributed by atoms with van der Waals surface area (Å²) in [6.07, 6.45) is 0. The van der Waals surface area contributed by atoms with E-state index >= 15 is 0 Å². The summed E-state index contributed by atoms with van der Waals surface area (Å²) in [6, 6.07) is 0.130. The lowest BCUT2D eigenvalue weighted by Gasteiger charge is -2.06. The Bertz CT molecular complexity index is 29.8. The third-order valence-corrected chi connectivity index (χ3v) is 0.829. The fourth-order valence-electron chi connectivity index (χ4n) is 0. The van der Waals surface area contributed by atoms with Gasteiger partial charge in [0.1, 0.15) is 7.85 Å². The molecule has 36 valence electrons. The molecule has 6 heavy (non-hydrogen) atoms.